The van der Waals surface area contributed by atoms with Crippen molar-refractivity contribution < 1.29 is 23.1 Å². The van der Waals surface area contributed by atoms with Crippen molar-refractivity contribution >= 4 is 29.4 Å². The molecule has 0 saturated carbocycles. The number of benzene rings is 2. The van der Waals surface area contributed by atoms with Crippen molar-refractivity contribution in [1.29, 1.82) is 5.26 Å². The summed E-state index contributed by atoms with van der Waals surface area (Å²) in [4.78, 5) is 36.8. The monoisotopic (exact) mass is 593 g/mol. The van der Waals surface area contributed by atoms with Crippen LogP contribution < -0.4 is 9.64 Å². The van der Waals surface area contributed by atoms with Crippen molar-refractivity contribution in [3.05, 3.63) is 88.6 Å². The molecule has 0 bridgehead atoms. The number of nitrogens with zero attached hydrogens (tertiary/aromatic N) is 5. The highest BCUT2D eigenvalue weighted by Gasteiger charge is 2.43. The van der Waals surface area contributed by atoms with Crippen LogP contribution in [0.25, 0.3) is 0 Å². The minimum absolute atomic E-state index is 0.00666. The summed E-state index contributed by atoms with van der Waals surface area (Å²) < 4.78 is 33.4. The van der Waals surface area contributed by atoms with Gasteiger partial charge in [-0.15, -0.1) is 0 Å². The van der Waals surface area contributed by atoms with Crippen LogP contribution in [0.3, 0.4) is 0 Å². The predicted molar refractivity (Wildman–Crippen MR) is 153 cm³/mol. The number of hydrogen-bond donors (Lipinski definition) is 0. The maximum absolute atomic E-state index is 14.5. The molecule has 0 N–H and O–H groups in total. The average Bonchev–Trinajstić information content (AvgIpc) is 3.45. The van der Waals surface area contributed by atoms with Crippen LogP contribution in [-0.4, -0.2) is 65.5 Å². The SMILES string of the molecule is CCN(C(=O)Oc1ccc(F)cc1)C1CN(C(=O)C2CCN(c3ccc(C#N)cn3)CC2)CC1c1ccc(Cl)c(F)c1. The molecule has 2 aromatic carbocycles. The molecule has 5 rings (SSSR count). The molecule has 1 aromatic heterocycles. The van der Waals surface area contributed by atoms with Gasteiger partial charge in [-0.3, -0.25) is 4.79 Å². The van der Waals surface area contributed by atoms with E-state index in [0.29, 0.717) is 43.6 Å². The maximum Gasteiger partial charge on any atom is 0.415 e. The molecule has 3 heterocycles. The van der Waals surface area contributed by atoms with Crippen LogP contribution in [0.5, 0.6) is 5.75 Å². The van der Waals surface area contributed by atoms with E-state index in [1.165, 1.54) is 47.5 Å². The first-order chi connectivity index (χ1) is 20.3. The van der Waals surface area contributed by atoms with Gasteiger partial charge in [-0.2, -0.15) is 5.26 Å². The number of hydrogen-bond acceptors (Lipinski definition) is 6. The molecule has 3 aromatic rings. The van der Waals surface area contributed by atoms with E-state index >= 15 is 0 Å². The number of pyridine rings is 1. The molecule has 8 nitrogen and oxygen atoms in total. The summed E-state index contributed by atoms with van der Waals surface area (Å²) in [6.45, 7) is 3.95. The van der Waals surface area contributed by atoms with Gasteiger partial charge in [0.25, 0.3) is 0 Å². The second-order valence-electron chi connectivity index (χ2n) is 10.5. The Morgan fingerprint density at radius 2 is 1.83 bits per heavy atom. The quantitative estimate of drug-likeness (QED) is 0.369. The fourth-order valence-corrected chi connectivity index (χ4v) is 5.88. The van der Waals surface area contributed by atoms with Crippen LogP contribution in [0.1, 0.15) is 36.8 Å². The Bertz CT molecular complexity index is 1470. The number of likely N-dealkylation sites (N-methyl/N-ethyl adjacent to an activating group) is 1. The van der Waals surface area contributed by atoms with Gasteiger partial charge in [0.05, 0.1) is 16.6 Å². The molecular formula is C31H30ClF2N5O3. The summed E-state index contributed by atoms with van der Waals surface area (Å²) in [6, 6.07) is 14.8. The maximum atomic E-state index is 14.5. The van der Waals surface area contributed by atoms with Gasteiger partial charge in [0.1, 0.15) is 29.3 Å². The van der Waals surface area contributed by atoms with E-state index in [1.54, 1.807) is 17.0 Å². The van der Waals surface area contributed by atoms with Gasteiger partial charge in [0, 0.05) is 50.8 Å². The van der Waals surface area contributed by atoms with Gasteiger partial charge >= 0.3 is 6.09 Å². The molecule has 0 aliphatic carbocycles. The number of carbonyl (C=O) groups is 2. The summed E-state index contributed by atoms with van der Waals surface area (Å²) in [7, 11) is 0. The number of ether oxygens (including phenoxy) is 1. The van der Waals surface area contributed by atoms with Gasteiger partial charge in [0.2, 0.25) is 5.91 Å². The third-order valence-electron chi connectivity index (χ3n) is 8.01. The van der Waals surface area contributed by atoms with Crippen molar-refractivity contribution in [2.45, 2.75) is 31.7 Å². The minimum atomic E-state index is -0.633. The molecule has 2 aliphatic heterocycles. The largest absolute Gasteiger partial charge is 0.415 e. The molecule has 2 aliphatic rings. The highest BCUT2D eigenvalue weighted by Crippen LogP contribution is 2.35. The standard InChI is InChI=1S/C31H30ClF2N5O3/c1-2-39(31(41)42-24-7-5-23(33)6-8-24)28-19-38(18-25(28)22-4-9-26(32)27(34)15-22)30(40)21-11-13-37(14-12-21)29-10-3-20(16-35)17-36-29/h3-10,15,17,21,25,28H,2,11-14,18-19H2,1H3. The summed E-state index contributed by atoms with van der Waals surface area (Å²) in [5, 5.41) is 9.01. The van der Waals surface area contributed by atoms with E-state index in [0.717, 1.165) is 5.82 Å². The summed E-state index contributed by atoms with van der Waals surface area (Å²) >= 11 is 5.94. The third kappa shape index (κ3) is 6.31. The van der Waals surface area contributed by atoms with Crippen LogP contribution in [-0.2, 0) is 4.79 Å². The summed E-state index contributed by atoms with van der Waals surface area (Å²) in [5.74, 6) is -0.638. The molecule has 2 atom stereocenters. The Hall–Kier alpha value is -4.23. The fourth-order valence-electron chi connectivity index (χ4n) is 5.77. The third-order valence-corrected chi connectivity index (χ3v) is 8.32. The van der Waals surface area contributed by atoms with Crippen molar-refractivity contribution in [3.8, 4) is 11.8 Å². The lowest BCUT2D eigenvalue weighted by Gasteiger charge is -2.34. The lowest BCUT2D eigenvalue weighted by molar-refractivity contribution is -0.135. The number of piperidine rings is 1. The van der Waals surface area contributed by atoms with Crippen LogP contribution in [0.2, 0.25) is 5.02 Å². The minimum Gasteiger partial charge on any atom is -0.410 e. The van der Waals surface area contributed by atoms with Gasteiger partial charge in [-0.25, -0.2) is 18.6 Å². The lowest BCUT2D eigenvalue weighted by atomic mass is 9.93. The first-order valence-corrected chi connectivity index (χ1v) is 14.2. The summed E-state index contributed by atoms with van der Waals surface area (Å²) in [5.41, 5.74) is 1.12. The number of rotatable bonds is 6. The molecule has 2 saturated heterocycles. The Morgan fingerprint density at radius 1 is 1.10 bits per heavy atom. The molecule has 42 heavy (non-hydrogen) atoms. The topological polar surface area (TPSA) is 89.8 Å². The van der Waals surface area contributed by atoms with Gasteiger partial charge in [-0.05, 0) is 73.9 Å². The molecule has 0 spiro atoms. The van der Waals surface area contributed by atoms with Crippen LogP contribution in [0.4, 0.5) is 19.4 Å². The van der Waals surface area contributed by atoms with Crippen molar-refractivity contribution in [2.24, 2.45) is 5.92 Å². The highest BCUT2D eigenvalue weighted by molar-refractivity contribution is 6.30. The number of halogens is 3. The number of anilines is 1. The molecule has 11 heteroatoms. The molecule has 2 fully saturated rings. The fraction of sp³-hybridized carbons (Fsp3) is 0.355. The molecular weight excluding hydrogens is 564 g/mol. The first-order valence-electron chi connectivity index (χ1n) is 13.9. The van der Waals surface area contributed by atoms with Crippen molar-refractivity contribution in [2.75, 3.05) is 37.6 Å². The van der Waals surface area contributed by atoms with E-state index in [-0.39, 0.29) is 41.6 Å². The zero-order valence-corrected chi connectivity index (χ0v) is 23.8. The van der Waals surface area contributed by atoms with E-state index in [9.17, 15) is 18.4 Å². The summed E-state index contributed by atoms with van der Waals surface area (Å²) in [6.07, 6.45) is 2.17. The molecule has 0 radical (unpaired) electrons. The number of likely N-dealkylation sites (tertiary alicyclic amines) is 1. The van der Waals surface area contributed by atoms with Crippen LogP contribution >= 0.6 is 11.6 Å². The van der Waals surface area contributed by atoms with E-state index in [4.69, 9.17) is 21.6 Å². The van der Waals surface area contributed by atoms with Crippen molar-refractivity contribution in [1.82, 2.24) is 14.8 Å². The van der Waals surface area contributed by atoms with E-state index < -0.39 is 23.8 Å². The number of aromatic nitrogens is 1. The predicted octanol–water partition coefficient (Wildman–Crippen LogP) is 5.62. The van der Waals surface area contributed by atoms with E-state index in [1.807, 2.05) is 13.0 Å². The van der Waals surface area contributed by atoms with Crippen LogP contribution in [0, 0.1) is 28.9 Å². The van der Waals surface area contributed by atoms with Gasteiger partial charge in [0.15, 0.2) is 0 Å². The van der Waals surface area contributed by atoms with Crippen LogP contribution in [0.15, 0.2) is 60.8 Å². The molecule has 2 unspecified atom stereocenters. The van der Waals surface area contributed by atoms with Crippen molar-refractivity contribution in [3.63, 3.8) is 0 Å². The number of nitriles is 1. The Labute approximate surface area is 248 Å². The normalized spacial score (nSPS) is 18.9. The Balaban J connectivity index is 1.32. The second-order valence-corrected chi connectivity index (χ2v) is 10.9. The average molecular weight is 594 g/mol. The van der Waals surface area contributed by atoms with E-state index in [2.05, 4.69) is 16.0 Å². The number of amides is 2. The Morgan fingerprint density at radius 3 is 2.45 bits per heavy atom. The molecule has 218 valence electrons. The Kier molecular flexibility index (Phi) is 8.88. The number of carbonyl (C=O) groups excluding carboxylic acids is 2. The highest BCUT2D eigenvalue weighted by atomic mass is 35.5. The zero-order chi connectivity index (χ0) is 29.8. The zero-order valence-electron chi connectivity index (χ0n) is 23.1. The second kappa shape index (κ2) is 12.7. The molecule has 2 amide bonds. The van der Waals surface area contributed by atoms with Gasteiger partial charge < -0.3 is 19.4 Å². The van der Waals surface area contributed by atoms with Gasteiger partial charge in [-0.1, -0.05) is 17.7 Å². The first kappa shape index (κ1) is 29.3. The lowest BCUT2D eigenvalue weighted by Crippen LogP contribution is -2.47. The smallest absolute Gasteiger partial charge is 0.410 e.